The van der Waals surface area contributed by atoms with Gasteiger partial charge >= 0.3 is 5.97 Å². The highest BCUT2D eigenvalue weighted by Crippen LogP contribution is 2.27. The predicted octanol–water partition coefficient (Wildman–Crippen LogP) is 1.02. The molecule has 1 aromatic carbocycles. The van der Waals surface area contributed by atoms with Crippen molar-refractivity contribution >= 4 is 11.9 Å². The third kappa shape index (κ3) is 2.91. The van der Waals surface area contributed by atoms with E-state index in [0.29, 0.717) is 24.2 Å². The zero-order chi connectivity index (χ0) is 14.9. The van der Waals surface area contributed by atoms with Gasteiger partial charge in [-0.25, -0.2) is 4.79 Å². The first-order chi connectivity index (χ1) is 9.31. The number of carboxylic acids is 1. The van der Waals surface area contributed by atoms with Gasteiger partial charge < -0.3 is 19.8 Å². The van der Waals surface area contributed by atoms with Crippen LogP contribution in [0.2, 0.25) is 0 Å². The van der Waals surface area contributed by atoms with E-state index in [1.165, 1.54) is 6.07 Å². The fourth-order valence-electron chi connectivity index (χ4n) is 2.16. The lowest BCUT2D eigenvalue weighted by Crippen LogP contribution is -2.63. The Balaban J connectivity index is 1.96. The van der Waals surface area contributed by atoms with Gasteiger partial charge in [0.05, 0.1) is 13.1 Å². The van der Waals surface area contributed by atoms with Crippen LogP contribution in [0.5, 0.6) is 5.75 Å². The summed E-state index contributed by atoms with van der Waals surface area (Å²) < 4.78 is 5.24. The second kappa shape index (κ2) is 5.13. The Bertz CT molecular complexity index is 548. The van der Waals surface area contributed by atoms with Crippen LogP contribution in [-0.4, -0.2) is 52.3 Å². The van der Waals surface area contributed by atoms with Crippen molar-refractivity contribution in [3.8, 4) is 5.75 Å². The summed E-state index contributed by atoms with van der Waals surface area (Å²) in [5, 5.41) is 18.2. The number of amides is 1. The maximum atomic E-state index is 12.2. The molecule has 1 aliphatic rings. The minimum Gasteiger partial charge on any atom is -0.508 e. The van der Waals surface area contributed by atoms with Crippen LogP contribution in [0, 0.1) is 6.92 Å². The summed E-state index contributed by atoms with van der Waals surface area (Å²) in [6, 6.07) is 4.78. The van der Waals surface area contributed by atoms with Crippen molar-refractivity contribution in [2.75, 3.05) is 19.7 Å². The smallest absolute Gasteiger partial charge is 0.329 e. The van der Waals surface area contributed by atoms with E-state index in [1.54, 1.807) is 30.9 Å². The monoisotopic (exact) mass is 279 g/mol. The summed E-state index contributed by atoms with van der Waals surface area (Å²) in [6.07, 6.45) is 0. The minimum atomic E-state index is -1.03. The van der Waals surface area contributed by atoms with Crippen LogP contribution < -0.4 is 0 Å². The van der Waals surface area contributed by atoms with E-state index in [9.17, 15) is 14.7 Å². The van der Waals surface area contributed by atoms with Crippen LogP contribution in [-0.2, 0) is 9.53 Å². The van der Waals surface area contributed by atoms with Gasteiger partial charge in [0.15, 0.2) is 0 Å². The first-order valence-corrected chi connectivity index (χ1v) is 6.25. The number of nitrogens with zero attached hydrogens (tertiary/aromatic N) is 1. The maximum absolute atomic E-state index is 12.2. The van der Waals surface area contributed by atoms with Crippen molar-refractivity contribution in [1.29, 1.82) is 0 Å². The Hall–Kier alpha value is -2.08. The van der Waals surface area contributed by atoms with Crippen molar-refractivity contribution in [2.45, 2.75) is 19.4 Å². The number of likely N-dealkylation sites (tertiary alicyclic amines) is 1. The van der Waals surface area contributed by atoms with Crippen LogP contribution in [0.3, 0.4) is 0 Å². The number of carbonyl (C=O) groups is 2. The minimum absolute atomic E-state index is 0.0845. The van der Waals surface area contributed by atoms with Crippen LogP contribution in [0.25, 0.3) is 0 Å². The molecule has 0 atom stereocenters. The summed E-state index contributed by atoms with van der Waals surface area (Å²) in [5.74, 6) is -1.14. The van der Waals surface area contributed by atoms with Crippen molar-refractivity contribution < 1.29 is 24.5 Å². The number of ether oxygens (including phenoxy) is 1. The van der Waals surface area contributed by atoms with E-state index in [4.69, 9.17) is 9.84 Å². The number of hydrogen-bond donors (Lipinski definition) is 2. The van der Waals surface area contributed by atoms with E-state index in [1.807, 2.05) is 0 Å². The van der Waals surface area contributed by atoms with Crippen molar-refractivity contribution in [1.82, 2.24) is 4.90 Å². The Kier molecular flexibility index (Phi) is 3.67. The van der Waals surface area contributed by atoms with Crippen molar-refractivity contribution in [3.63, 3.8) is 0 Å². The molecular formula is C14H17NO5. The molecule has 1 heterocycles. The van der Waals surface area contributed by atoms with Gasteiger partial charge in [-0.05, 0) is 31.5 Å². The standard InChI is InChI=1S/C14H17NO5/c1-9-3-4-10(5-11(9)16)13(19)15-7-14(2,8-15)20-6-12(17)18/h3-5,16H,6-8H2,1-2H3,(H,17,18). The molecule has 1 fully saturated rings. The van der Waals surface area contributed by atoms with E-state index in [2.05, 4.69) is 0 Å². The number of hydrogen-bond acceptors (Lipinski definition) is 4. The number of aliphatic carboxylic acids is 1. The van der Waals surface area contributed by atoms with Gasteiger partial charge in [-0.3, -0.25) is 4.79 Å². The number of phenolic OH excluding ortho intramolecular Hbond substituents is 1. The molecule has 1 aliphatic heterocycles. The van der Waals surface area contributed by atoms with E-state index < -0.39 is 11.6 Å². The van der Waals surface area contributed by atoms with Crippen molar-refractivity contribution in [2.24, 2.45) is 0 Å². The van der Waals surface area contributed by atoms with Gasteiger partial charge in [-0.1, -0.05) is 6.07 Å². The highest BCUT2D eigenvalue weighted by atomic mass is 16.5. The maximum Gasteiger partial charge on any atom is 0.329 e. The van der Waals surface area contributed by atoms with E-state index in [0.717, 1.165) is 0 Å². The largest absolute Gasteiger partial charge is 0.508 e. The lowest BCUT2D eigenvalue weighted by molar-refractivity contribution is -0.159. The highest BCUT2D eigenvalue weighted by Gasteiger charge is 2.43. The molecular weight excluding hydrogens is 262 g/mol. The average Bonchev–Trinajstić information content (AvgIpc) is 2.35. The normalized spacial score (nSPS) is 16.6. The highest BCUT2D eigenvalue weighted by molar-refractivity contribution is 5.95. The number of carboxylic acid groups (broad SMARTS) is 1. The molecule has 1 aromatic rings. The summed E-state index contributed by atoms with van der Waals surface area (Å²) in [4.78, 5) is 24.2. The molecule has 0 spiro atoms. The Morgan fingerprint density at radius 3 is 2.60 bits per heavy atom. The summed E-state index contributed by atoms with van der Waals surface area (Å²) >= 11 is 0. The Morgan fingerprint density at radius 1 is 1.40 bits per heavy atom. The molecule has 0 unspecified atom stereocenters. The first kappa shape index (κ1) is 14.3. The zero-order valence-corrected chi connectivity index (χ0v) is 11.4. The van der Waals surface area contributed by atoms with Crippen LogP contribution in [0.1, 0.15) is 22.8 Å². The molecule has 6 heteroatoms. The van der Waals surface area contributed by atoms with E-state index in [-0.39, 0.29) is 18.3 Å². The number of rotatable bonds is 4. The fraction of sp³-hybridized carbons (Fsp3) is 0.429. The number of benzene rings is 1. The van der Waals surface area contributed by atoms with Gasteiger partial charge in [0, 0.05) is 5.56 Å². The topological polar surface area (TPSA) is 87.1 Å². The molecule has 1 saturated heterocycles. The third-order valence-corrected chi connectivity index (χ3v) is 3.34. The first-order valence-electron chi connectivity index (χ1n) is 6.25. The third-order valence-electron chi connectivity index (χ3n) is 3.34. The van der Waals surface area contributed by atoms with E-state index >= 15 is 0 Å². The molecule has 0 bridgehead atoms. The number of aromatic hydroxyl groups is 1. The summed E-state index contributed by atoms with van der Waals surface area (Å²) in [6.45, 7) is 3.84. The second-order valence-corrected chi connectivity index (χ2v) is 5.29. The SMILES string of the molecule is Cc1ccc(C(=O)N2CC(C)(OCC(=O)O)C2)cc1O. The molecule has 6 nitrogen and oxygen atoms in total. The zero-order valence-electron chi connectivity index (χ0n) is 11.4. The van der Waals surface area contributed by atoms with Gasteiger partial charge in [0.1, 0.15) is 18.0 Å². The van der Waals surface area contributed by atoms with Gasteiger partial charge in [0.2, 0.25) is 0 Å². The predicted molar refractivity (Wildman–Crippen MR) is 70.7 cm³/mol. The quantitative estimate of drug-likeness (QED) is 0.859. The lowest BCUT2D eigenvalue weighted by atomic mass is 9.95. The van der Waals surface area contributed by atoms with Gasteiger partial charge in [0.25, 0.3) is 5.91 Å². The van der Waals surface area contributed by atoms with Crippen molar-refractivity contribution in [3.05, 3.63) is 29.3 Å². The number of phenols is 1. The Morgan fingerprint density at radius 2 is 2.05 bits per heavy atom. The average molecular weight is 279 g/mol. The molecule has 0 aromatic heterocycles. The van der Waals surface area contributed by atoms with Gasteiger partial charge in [-0.2, -0.15) is 0 Å². The number of carbonyl (C=O) groups excluding carboxylic acids is 1. The van der Waals surface area contributed by atoms with Crippen LogP contribution in [0.15, 0.2) is 18.2 Å². The summed E-state index contributed by atoms with van der Waals surface area (Å²) in [5.41, 5.74) is 0.508. The summed E-state index contributed by atoms with van der Waals surface area (Å²) in [7, 11) is 0. The fourth-order valence-corrected chi connectivity index (χ4v) is 2.16. The Labute approximate surface area is 116 Å². The molecule has 0 aliphatic carbocycles. The van der Waals surface area contributed by atoms with Gasteiger partial charge in [-0.15, -0.1) is 0 Å². The molecule has 0 radical (unpaired) electrons. The number of aryl methyl sites for hydroxylation is 1. The molecule has 2 N–H and O–H groups in total. The molecule has 0 saturated carbocycles. The molecule has 1 amide bonds. The second-order valence-electron chi connectivity index (χ2n) is 5.29. The molecule has 2 rings (SSSR count). The van der Waals surface area contributed by atoms with Crippen LogP contribution >= 0.6 is 0 Å². The molecule has 20 heavy (non-hydrogen) atoms. The molecule has 108 valence electrons. The van der Waals surface area contributed by atoms with Crippen LogP contribution in [0.4, 0.5) is 0 Å². The lowest BCUT2D eigenvalue weighted by Gasteiger charge is -2.47.